The summed E-state index contributed by atoms with van der Waals surface area (Å²) < 4.78 is 6.00. The second-order valence-electron chi connectivity index (χ2n) is 2.90. The van der Waals surface area contributed by atoms with Crippen molar-refractivity contribution in [1.29, 1.82) is 5.26 Å². The van der Waals surface area contributed by atoms with Gasteiger partial charge in [0.25, 0.3) is 0 Å². The zero-order chi connectivity index (χ0) is 10.1. The number of aromatic amines is 1. The summed E-state index contributed by atoms with van der Waals surface area (Å²) in [5, 5.41) is 8.88. The maximum Gasteiger partial charge on any atom is 0.151 e. The molecule has 70 valence electrons. The Morgan fingerprint density at radius 2 is 2.36 bits per heavy atom. The number of aromatic nitrogens is 1. The molecule has 3 nitrogen and oxygen atoms in total. The first-order valence-electron chi connectivity index (χ1n) is 4.06. The molecular weight excluding hydrogens is 244 g/mol. The largest absolute Gasteiger partial charge is 0.463 e. The zero-order valence-corrected chi connectivity index (χ0v) is 9.05. The Kier molecular flexibility index (Phi) is 2.18. The Morgan fingerprint density at radius 3 is 2.86 bits per heavy atom. The third-order valence-corrected chi connectivity index (χ3v) is 2.80. The summed E-state index contributed by atoms with van der Waals surface area (Å²) in [6.45, 7) is 1.86. The Balaban J connectivity index is 2.63. The molecule has 4 heteroatoms. The Bertz CT molecular complexity index is 491. The topological polar surface area (TPSA) is 52.7 Å². The number of nitrogens with one attached hydrogen (secondary N) is 1. The lowest BCUT2D eigenvalue weighted by Gasteiger charge is -1.91. The summed E-state index contributed by atoms with van der Waals surface area (Å²) >= 11 is 3.37. The molecule has 0 saturated carbocycles. The summed E-state index contributed by atoms with van der Waals surface area (Å²) in [5.74, 6) is 0.724. The number of furan rings is 1. The minimum Gasteiger partial charge on any atom is -0.463 e. The van der Waals surface area contributed by atoms with Gasteiger partial charge in [-0.25, -0.2) is 0 Å². The van der Waals surface area contributed by atoms with Gasteiger partial charge in [-0.3, -0.25) is 0 Å². The van der Waals surface area contributed by atoms with Crippen LogP contribution in [0.1, 0.15) is 11.3 Å². The van der Waals surface area contributed by atoms with Crippen LogP contribution in [0.25, 0.3) is 11.5 Å². The zero-order valence-electron chi connectivity index (χ0n) is 7.47. The van der Waals surface area contributed by atoms with Gasteiger partial charge in [0.05, 0.1) is 22.0 Å². The maximum atomic E-state index is 8.88. The monoisotopic (exact) mass is 250 g/mol. The minimum atomic E-state index is 0.622. The number of rotatable bonds is 1. The van der Waals surface area contributed by atoms with Crippen LogP contribution in [0.15, 0.2) is 27.3 Å². The number of nitrogens with zero attached hydrogens (tertiary/aromatic N) is 1. The molecule has 2 rings (SSSR count). The fourth-order valence-electron chi connectivity index (χ4n) is 1.32. The fourth-order valence-corrected chi connectivity index (χ4v) is 2.00. The molecule has 2 aromatic rings. The van der Waals surface area contributed by atoms with E-state index < -0.39 is 0 Å². The van der Waals surface area contributed by atoms with E-state index in [0.717, 1.165) is 21.6 Å². The number of nitriles is 1. The highest BCUT2D eigenvalue weighted by Gasteiger charge is 2.15. The molecule has 0 fully saturated rings. The van der Waals surface area contributed by atoms with Gasteiger partial charge in [-0.05, 0) is 35.0 Å². The number of hydrogen-bond donors (Lipinski definition) is 1. The Hall–Kier alpha value is -1.47. The summed E-state index contributed by atoms with van der Waals surface area (Å²) in [6.07, 6.45) is 1.60. The van der Waals surface area contributed by atoms with Crippen LogP contribution in [0, 0.1) is 18.3 Å². The summed E-state index contributed by atoms with van der Waals surface area (Å²) in [5.41, 5.74) is 2.27. The molecule has 0 unspecified atom stereocenters. The van der Waals surface area contributed by atoms with E-state index in [1.165, 1.54) is 0 Å². The van der Waals surface area contributed by atoms with Crippen LogP contribution in [0.2, 0.25) is 0 Å². The van der Waals surface area contributed by atoms with Crippen LogP contribution in [0.5, 0.6) is 0 Å². The van der Waals surface area contributed by atoms with Crippen LogP contribution in [0.4, 0.5) is 0 Å². The molecule has 0 atom stereocenters. The Labute approximate surface area is 89.5 Å². The molecule has 14 heavy (non-hydrogen) atoms. The van der Waals surface area contributed by atoms with Crippen molar-refractivity contribution in [2.45, 2.75) is 6.92 Å². The van der Waals surface area contributed by atoms with E-state index in [1.54, 1.807) is 6.26 Å². The van der Waals surface area contributed by atoms with Gasteiger partial charge in [0, 0.05) is 5.69 Å². The van der Waals surface area contributed by atoms with Crippen molar-refractivity contribution in [1.82, 2.24) is 4.98 Å². The first-order chi connectivity index (χ1) is 6.74. The van der Waals surface area contributed by atoms with E-state index in [2.05, 4.69) is 27.0 Å². The SMILES string of the molecule is Cc1[nH]c(-c2ccco2)c(Br)c1C#N. The van der Waals surface area contributed by atoms with Crippen LogP contribution in [-0.2, 0) is 0 Å². The van der Waals surface area contributed by atoms with Crippen LogP contribution >= 0.6 is 15.9 Å². The molecule has 0 aliphatic rings. The van der Waals surface area contributed by atoms with E-state index in [9.17, 15) is 0 Å². The second-order valence-corrected chi connectivity index (χ2v) is 3.70. The van der Waals surface area contributed by atoms with E-state index in [0.29, 0.717) is 5.56 Å². The molecule has 0 aliphatic carbocycles. The third-order valence-electron chi connectivity index (χ3n) is 2.01. The van der Waals surface area contributed by atoms with Crippen molar-refractivity contribution in [3.63, 3.8) is 0 Å². The van der Waals surface area contributed by atoms with E-state index in [4.69, 9.17) is 9.68 Å². The van der Waals surface area contributed by atoms with Crippen molar-refractivity contribution >= 4 is 15.9 Å². The molecule has 0 bridgehead atoms. The average molecular weight is 251 g/mol. The van der Waals surface area contributed by atoms with E-state index >= 15 is 0 Å². The maximum absolute atomic E-state index is 8.88. The molecule has 1 N–H and O–H groups in total. The van der Waals surface area contributed by atoms with Gasteiger partial charge >= 0.3 is 0 Å². The molecule has 0 spiro atoms. The smallest absolute Gasteiger partial charge is 0.151 e. The van der Waals surface area contributed by atoms with Crippen LogP contribution in [-0.4, -0.2) is 4.98 Å². The van der Waals surface area contributed by atoms with Gasteiger partial charge in [0.2, 0.25) is 0 Å². The normalized spacial score (nSPS) is 10.1. The molecule has 2 heterocycles. The van der Waals surface area contributed by atoms with Crippen molar-refractivity contribution < 1.29 is 4.42 Å². The predicted molar refractivity (Wildman–Crippen MR) is 55.6 cm³/mol. The number of H-pyrrole nitrogens is 1. The highest BCUT2D eigenvalue weighted by atomic mass is 79.9. The quantitative estimate of drug-likeness (QED) is 0.845. The van der Waals surface area contributed by atoms with Gasteiger partial charge in [0.1, 0.15) is 6.07 Å². The average Bonchev–Trinajstić information content (AvgIpc) is 2.74. The van der Waals surface area contributed by atoms with Gasteiger partial charge in [-0.1, -0.05) is 0 Å². The summed E-state index contributed by atoms with van der Waals surface area (Å²) in [4.78, 5) is 3.10. The molecule has 0 saturated heterocycles. The van der Waals surface area contributed by atoms with Crippen LogP contribution in [0.3, 0.4) is 0 Å². The van der Waals surface area contributed by atoms with Crippen molar-refractivity contribution in [3.05, 3.63) is 34.1 Å². The fraction of sp³-hybridized carbons (Fsp3) is 0.100. The van der Waals surface area contributed by atoms with E-state index in [1.807, 2.05) is 19.1 Å². The molecule has 0 aromatic carbocycles. The Morgan fingerprint density at radius 1 is 1.57 bits per heavy atom. The van der Waals surface area contributed by atoms with Gasteiger partial charge < -0.3 is 9.40 Å². The first-order valence-corrected chi connectivity index (χ1v) is 4.85. The minimum absolute atomic E-state index is 0.622. The molecule has 0 amide bonds. The van der Waals surface area contributed by atoms with E-state index in [-0.39, 0.29) is 0 Å². The highest BCUT2D eigenvalue weighted by Crippen LogP contribution is 2.32. The lowest BCUT2D eigenvalue weighted by Crippen LogP contribution is -1.74. The predicted octanol–water partition coefficient (Wildman–Crippen LogP) is 3.22. The number of halogens is 1. The summed E-state index contributed by atoms with van der Waals surface area (Å²) in [7, 11) is 0. The van der Waals surface area contributed by atoms with Gasteiger partial charge in [0.15, 0.2) is 5.76 Å². The molecule has 0 radical (unpaired) electrons. The van der Waals surface area contributed by atoms with Crippen molar-refractivity contribution in [3.8, 4) is 17.5 Å². The molecular formula is C10H7BrN2O. The van der Waals surface area contributed by atoms with Gasteiger partial charge in [-0.15, -0.1) is 0 Å². The lowest BCUT2D eigenvalue weighted by atomic mass is 10.2. The molecule has 0 aliphatic heterocycles. The van der Waals surface area contributed by atoms with Crippen molar-refractivity contribution in [2.24, 2.45) is 0 Å². The molecule has 2 aromatic heterocycles. The highest BCUT2D eigenvalue weighted by molar-refractivity contribution is 9.10. The standard InChI is InChI=1S/C10H7BrN2O/c1-6-7(5-12)9(11)10(13-6)8-3-2-4-14-8/h2-4,13H,1H3. The number of hydrogen-bond acceptors (Lipinski definition) is 2. The second kappa shape index (κ2) is 3.35. The third kappa shape index (κ3) is 1.26. The number of aryl methyl sites for hydroxylation is 1. The van der Waals surface area contributed by atoms with Gasteiger partial charge in [-0.2, -0.15) is 5.26 Å². The van der Waals surface area contributed by atoms with Crippen LogP contribution < -0.4 is 0 Å². The first kappa shape index (κ1) is 9.10. The summed E-state index contributed by atoms with van der Waals surface area (Å²) in [6, 6.07) is 5.78. The lowest BCUT2D eigenvalue weighted by molar-refractivity contribution is 0.580. The van der Waals surface area contributed by atoms with Crippen molar-refractivity contribution in [2.75, 3.05) is 0 Å².